The van der Waals surface area contributed by atoms with Crippen LogP contribution in [0, 0.1) is 28.4 Å². The lowest BCUT2D eigenvalue weighted by Crippen LogP contribution is -2.30. The third kappa shape index (κ3) is 2.23. The molecule has 1 N–H and O–H groups in total. The standard InChI is InChI=1S/C14H15F2NO/c15-10-4-5-11(12(16)8-10)13(18)14(9-17)6-2-1-3-7-14/h4-5,8,13,18H,1-3,6-7H2. The Bertz CT molecular complexity index is 475. The maximum absolute atomic E-state index is 13.7. The number of hydrogen-bond donors (Lipinski definition) is 1. The molecule has 0 bridgehead atoms. The molecule has 1 aromatic rings. The Morgan fingerprint density at radius 3 is 2.44 bits per heavy atom. The molecular formula is C14H15F2NO. The van der Waals surface area contributed by atoms with Crippen molar-refractivity contribution < 1.29 is 13.9 Å². The lowest BCUT2D eigenvalue weighted by atomic mass is 9.69. The predicted octanol–water partition coefficient (Wildman–Crippen LogP) is 3.47. The minimum Gasteiger partial charge on any atom is -0.387 e. The molecule has 0 spiro atoms. The molecule has 18 heavy (non-hydrogen) atoms. The van der Waals surface area contributed by atoms with Gasteiger partial charge in [0.1, 0.15) is 17.7 Å². The molecule has 0 aromatic heterocycles. The number of benzene rings is 1. The fourth-order valence-corrected chi connectivity index (χ4v) is 2.65. The molecule has 2 rings (SSSR count). The van der Waals surface area contributed by atoms with Crippen LogP contribution in [0.4, 0.5) is 8.78 Å². The van der Waals surface area contributed by atoms with Gasteiger partial charge in [-0.05, 0) is 18.9 Å². The summed E-state index contributed by atoms with van der Waals surface area (Å²) in [6.45, 7) is 0. The Balaban J connectivity index is 2.34. The molecule has 0 amide bonds. The van der Waals surface area contributed by atoms with E-state index in [1.807, 2.05) is 0 Å². The summed E-state index contributed by atoms with van der Waals surface area (Å²) in [6.07, 6.45) is 2.66. The largest absolute Gasteiger partial charge is 0.387 e. The topological polar surface area (TPSA) is 44.0 Å². The van der Waals surface area contributed by atoms with Gasteiger partial charge in [0.2, 0.25) is 0 Å². The minimum absolute atomic E-state index is 0.0138. The summed E-state index contributed by atoms with van der Waals surface area (Å²) in [4.78, 5) is 0. The fourth-order valence-electron chi connectivity index (χ4n) is 2.65. The molecule has 1 fully saturated rings. The second-order valence-corrected chi connectivity index (χ2v) is 4.90. The van der Waals surface area contributed by atoms with Gasteiger partial charge in [-0.2, -0.15) is 5.26 Å². The molecule has 96 valence electrons. The second kappa shape index (κ2) is 5.03. The normalized spacial score (nSPS) is 20.1. The van der Waals surface area contributed by atoms with Crippen LogP contribution in [-0.4, -0.2) is 5.11 Å². The summed E-state index contributed by atoms with van der Waals surface area (Å²) in [5.74, 6) is -1.47. The van der Waals surface area contributed by atoms with E-state index >= 15 is 0 Å². The summed E-state index contributed by atoms with van der Waals surface area (Å²) < 4.78 is 26.5. The Labute approximate surface area is 105 Å². The van der Waals surface area contributed by atoms with Crippen LogP contribution < -0.4 is 0 Å². The Morgan fingerprint density at radius 2 is 1.89 bits per heavy atom. The molecule has 1 aliphatic rings. The van der Waals surface area contributed by atoms with E-state index in [1.54, 1.807) is 0 Å². The number of hydrogen-bond acceptors (Lipinski definition) is 2. The summed E-state index contributed by atoms with van der Waals surface area (Å²) in [5.41, 5.74) is -0.920. The number of rotatable bonds is 2. The van der Waals surface area contributed by atoms with Crippen LogP contribution in [0.2, 0.25) is 0 Å². The fraction of sp³-hybridized carbons (Fsp3) is 0.500. The van der Waals surface area contributed by atoms with Gasteiger partial charge in [-0.15, -0.1) is 0 Å². The van der Waals surface area contributed by atoms with Gasteiger partial charge in [-0.25, -0.2) is 8.78 Å². The van der Waals surface area contributed by atoms with Crippen LogP contribution >= 0.6 is 0 Å². The van der Waals surface area contributed by atoms with E-state index in [4.69, 9.17) is 0 Å². The predicted molar refractivity (Wildman–Crippen MR) is 62.4 cm³/mol. The van der Waals surface area contributed by atoms with Crippen molar-refractivity contribution in [3.8, 4) is 6.07 Å². The van der Waals surface area contributed by atoms with Gasteiger partial charge < -0.3 is 5.11 Å². The van der Waals surface area contributed by atoms with Gasteiger partial charge in [0.25, 0.3) is 0 Å². The van der Waals surface area contributed by atoms with Crippen molar-refractivity contribution in [1.82, 2.24) is 0 Å². The molecule has 2 nitrogen and oxygen atoms in total. The molecular weight excluding hydrogens is 236 g/mol. The van der Waals surface area contributed by atoms with Crippen molar-refractivity contribution in [3.05, 3.63) is 35.4 Å². The maximum atomic E-state index is 13.7. The first-order valence-electron chi connectivity index (χ1n) is 6.13. The van der Waals surface area contributed by atoms with Gasteiger partial charge in [-0.3, -0.25) is 0 Å². The number of halogens is 2. The van der Waals surface area contributed by atoms with E-state index in [0.29, 0.717) is 12.8 Å². The monoisotopic (exact) mass is 251 g/mol. The molecule has 1 aliphatic carbocycles. The van der Waals surface area contributed by atoms with Gasteiger partial charge in [0.15, 0.2) is 0 Å². The average molecular weight is 251 g/mol. The van der Waals surface area contributed by atoms with E-state index in [0.717, 1.165) is 31.4 Å². The van der Waals surface area contributed by atoms with Crippen molar-refractivity contribution >= 4 is 0 Å². The van der Waals surface area contributed by atoms with Gasteiger partial charge in [0, 0.05) is 11.6 Å². The number of nitrogens with zero attached hydrogens (tertiary/aromatic N) is 1. The maximum Gasteiger partial charge on any atom is 0.131 e. The Kier molecular flexibility index (Phi) is 3.63. The summed E-state index contributed by atoms with van der Waals surface area (Å²) >= 11 is 0. The van der Waals surface area contributed by atoms with Crippen molar-refractivity contribution in [2.45, 2.75) is 38.2 Å². The summed E-state index contributed by atoms with van der Waals surface area (Å²) in [6, 6.07) is 5.22. The molecule has 0 aliphatic heterocycles. The first-order valence-corrected chi connectivity index (χ1v) is 6.13. The van der Waals surface area contributed by atoms with Crippen molar-refractivity contribution in [3.63, 3.8) is 0 Å². The zero-order valence-electron chi connectivity index (χ0n) is 10.00. The van der Waals surface area contributed by atoms with E-state index in [1.165, 1.54) is 6.07 Å². The molecule has 1 unspecified atom stereocenters. The van der Waals surface area contributed by atoms with E-state index in [2.05, 4.69) is 6.07 Å². The lowest BCUT2D eigenvalue weighted by Gasteiger charge is -2.35. The molecule has 1 aromatic carbocycles. The zero-order valence-corrected chi connectivity index (χ0v) is 10.00. The highest BCUT2D eigenvalue weighted by atomic mass is 19.1. The second-order valence-electron chi connectivity index (χ2n) is 4.90. The lowest BCUT2D eigenvalue weighted by molar-refractivity contribution is 0.0333. The van der Waals surface area contributed by atoms with Crippen molar-refractivity contribution in [2.24, 2.45) is 5.41 Å². The third-order valence-electron chi connectivity index (χ3n) is 3.75. The number of aliphatic hydroxyl groups is 1. The highest BCUT2D eigenvalue weighted by Crippen LogP contribution is 2.46. The van der Waals surface area contributed by atoms with Crippen LogP contribution in [0.3, 0.4) is 0 Å². The van der Waals surface area contributed by atoms with Crippen LogP contribution in [0.5, 0.6) is 0 Å². The Morgan fingerprint density at radius 1 is 1.22 bits per heavy atom. The highest BCUT2D eigenvalue weighted by Gasteiger charge is 2.41. The molecule has 1 saturated carbocycles. The van der Waals surface area contributed by atoms with Gasteiger partial charge >= 0.3 is 0 Å². The van der Waals surface area contributed by atoms with Crippen molar-refractivity contribution in [1.29, 1.82) is 5.26 Å². The van der Waals surface area contributed by atoms with Gasteiger partial charge in [-0.1, -0.05) is 25.3 Å². The molecule has 1 atom stereocenters. The molecule has 0 heterocycles. The molecule has 0 radical (unpaired) electrons. The number of aliphatic hydroxyl groups excluding tert-OH is 1. The van der Waals surface area contributed by atoms with Crippen molar-refractivity contribution in [2.75, 3.05) is 0 Å². The van der Waals surface area contributed by atoms with E-state index in [-0.39, 0.29) is 5.56 Å². The van der Waals surface area contributed by atoms with Gasteiger partial charge in [0.05, 0.1) is 11.5 Å². The van der Waals surface area contributed by atoms with Crippen LogP contribution in [-0.2, 0) is 0 Å². The quantitative estimate of drug-likeness (QED) is 0.874. The first-order chi connectivity index (χ1) is 8.59. The highest BCUT2D eigenvalue weighted by molar-refractivity contribution is 5.25. The van der Waals surface area contributed by atoms with Crippen LogP contribution in [0.25, 0.3) is 0 Å². The first kappa shape index (κ1) is 13.0. The summed E-state index contributed by atoms with van der Waals surface area (Å²) in [7, 11) is 0. The average Bonchev–Trinajstić information content (AvgIpc) is 2.39. The smallest absolute Gasteiger partial charge is 0.131 e. The molecule has 0 saturated heterocycles. The zero-order chi connectivity index (χ0) is 13.2. The number of nitriles is 1. The van der Waals surface area contributed by atoms with E-state index < -0.39 is 23.2 Å². The van der Waals surface area contributed by atoms with Crippen LogP contribution in [0.1, 0.15) is 43.8 Å². The van der Waals surface area contributed by atoms with E-state index in [9.17, 15) is 19.1 Å². The third-order valence-corrected chi connectivity index (χ3v) is 3.75. The van der Waals surface area contributed by atoms with Crippen LogP contribution in [0.15, 0.2) is 18.2 Å². The summed E-state index contributed by atoms with van der Waals surface area (Å²) in [5, 5.41) is 19.6. The Hall–Kier alpha value is -1.47. The SMILES string of the molecule is N#CC1(C(O)c2ccc(F)cc2F)CCCCC1. The minimum atomic E-state index is -1.19. The molecule has 4 heteroatoms.